The van der Waals surface area contributed by atoms with Crippen molar-refractivity contribution in [1.29, 1.82) is 0 Å². The van der Waals surface area contributed by atoms with E-state index in [2.05, 4.69) is 4.18 Å². The van der Waals surface area contributed by atoms with Crippen LogP contribution < -0.4 is 4.18 Å². The highest BCUT2D eigenvalue weighted by molar-refractivity contribution is 8.04. The molecule has 0 bridgehead atoms. The smallest absolute Gasteiger partial charge is 0.376 e. The Bertz CT molecular complexity index is 1300. The van der Waals surface area contributed by atoms with Crippen LogP contribution in [0.25, 0.3) is 0 Å². The molecule has 0 aliphatic rings. The lowest BCUT2D eigenvalue weighted by atomic mass is 10.1. The zero-order valence-electron chi connectivity index (χ0n) is 19.4. The summed E-state index contributed by atoms with van der Waals surface area (Å²) in [5.41, 5.74) is -6.90. The van der Waals surface area contributed by atoms with Gasteiger partial charge in [0.1, 0.15) is 5.75 Å². The number of amides is 2. The lowest BCUT2D eigenvalue weighted by Crippen LogP contribution is -2.56. The molecule has 0 unspecified atom stereocenters. The number of benzene rings is 2. The summed E-state index contributed by atoms with van der Waals surface area (Å²) < 4.78 is 63.1. The molecule has 0 saturated carbocycles. The van der Waals surface area contributed by atoms with Crippen LogP contribution in [0.15, 0.2) is 47.4 Å². The summed E-state index contributed by atoms with van der Waals surface area (Å²) in [6, 6.07) is 8.38. The van der Waals surface area contributed by atoms with E-state index in [1.165, 1.54) is 31.3 Å². The van der Waals surface area contributed by atoms with Gasteiger partial charge in [0, 0.05) is 17.5 Å². The largest absolute Gasteiger partial charge is 0.534 e. The third-order valence-corrected chi connectivity index (χ3v) is 7.10. The Kier molecular flexibility index (Phi) is 9.64. The van der Waals surface area contributed by atoms with Crippen molar-refractivity contribution in [3.8, 4) is 5.75 Å². The maximum absolute atomic E-state index is 13.5. The van der Waals surface area contributed by atoms with Crippen molar-refractivity contribution in [2.75, 3.05) is 7.05 Å². The van der Waals surface area contributed by atoms with Crippen molar-refractivity contribution in [3.05, 3.63) is 58.6 Å². The molecule has 0 saturated heterocycles. The van der Waals surface area contributed by atoms with E-state index in [0.29, 0.717) is 4.90 Å². The van der Waals surface area contributed by atoms with Crippen LogP contribution in [-0.4, -0.2) is 51.5 Å². The van der Waals surface area contributed by atoms with E-state index in [-0.39, 0.29) is 16.1 Å². The van der Waals surface area contributed by atoms with Crippen molar-refractivity contribution in [2.45, 2.75) is 39.8 Å². The minimum Gasteiger partial charge on any atom is -0.376 e. The molecule has 0 aliphatic heterocycles. The van der Waals surface area contributed by atoms with Gasteiger partial charge >= 0.3 is 15.6 Å². The van der Waals surface area contributed by atoms with E-state index in [0.717, 1.165) is 40.0 Å². The predicted molar refractivity (Wildman–Crippen MR) is 138 cm³/mol. The van der Waals surface area contributed by atoms with Crippen molar-refractivity contribution >= 4 is 80.1 Å². The minimum absolute atomic E-state index is 0.00658. The summed E-state index contributed by atoms with van der Waals surface area (Å²) in [5.74, 6) is -2.28. The van der Waals surface area contributed by atoms with Gasteiger partial charge in [0.25, 0.3) is 11.8 Å². The SMILES string of the molecule is CN(C(=O)c1cccc(OS(=O)(=O)C(F)(F)F)c1)N(C(=O)c1ccc(SC(Cl)(Cl)Cl)cc1Cl)C(C)(C)C. The molecule has 2 aromatic rings. The first-order chi connectivity index (χ1) is 16.6. The normalized spacial score (nSPS) is 12.7. The number of carbonyl (C=O) groups is 2. The van der Waals surface area contributed by atoms with Crippen LogP contribution in [0.4, 0.5) is 13.2 Å². The molecule has 0 atom stereocenters. The van der Waals surface area contributed by atoms with Gasteiger partial charge in [0.2, 0.25) is 3.12 Å². The van der Waals surface area contributed by atoms with Crippen LogP contribution in [0.2, 0.25) is 5.02 Å². The van der Waals surface area contributed by atoms with Gasteiger partial charge in [-0.1, -0.05) is 64.2 Å². The van der Waals surface area contributed by atoms with Crippen molar-refractivity contribution < 1.29 is 35.4 Å². The monoisotopic (exact) mass is 640 g/mol. The van der Waals surface area contributed by atoms with E-state index >= 15 is 0 Å². The molecule has 2 aromatic carbocycles. The Morgan fingerprint density at radius 2 is 1.57 bits per heavy atom. The second-order valence-corrected chi connectivity index (χ2v) is 14.5. The van der Waals surface area contributed by atoms with Gasteiger partial charge in [-0.2, -0.15) is 21.6 Å². The van der Waals surface area contributed by atoms with E-state index in [1.54, 1.807) is 20.8 Å². The molecule has 0 aromatic heterocycles. The first-order valence-corrected chi connectivity index (χ1v) is 13.7. The minimum atomic E-state index is -5.95. The Labute approximate surface area is 235 Å². The van der Waals surface area contributed by atoms with Crippen LogP contribution in [-0.2, 0) is 10.1 Å². The summed E-state index contributed by atoms with van der Waals surface area (Å²) in [6.07, 6.45) is 0. The number of rotatable bonds is 5. The lowest BCUT2D eigenvalue weighted by Gasteiger charge is -2.41. The molecule has 2 amide bonds. The Balaban J connectivity index is 2.41. The molecule has 37 heavy (non-hydrogen) atoms. The van der Waals surface area contributed by atoms with Crippen LogP contribution in [0, 0.1) is 0 Å². The molecule has 0 radical (unpaired) electrons. The highest BCUT2D eigenvalue weighted by Crippen LogP contribution is 2.44. The summed E-state index contributed by atoms with van der Waals surface area (Å²) >= 11 is 24.5. The highest BCUT2D eigenvalue weighted by atomic mass is 35.6. The molecule has 0 fully saturated rings. The number of halogens is 7. The van der Waals surface area contributed by atoms with Crippen molar-refractivity contribution in [2.24, 2.45) is 0 Å². The van der Waals surface area contributed by atoms with Crippen LogP contribution in [0.3, 0.4) is 0 Å². The molecule has 2 rings (SSSR count). The fraction of sp³-hybridized carbons (Fsp3) is 0.333. The fourth-order valence-corrected chi connectivity index (χ4v) is 5.16. The average Bonchev–Trinajstić information content (AvgIpc) is 2.70. The van der Waals surface area contributed by atoms with E-state index in [9.17, 15) is 31.2 Å². The lowest BCUT2D eigenvalue weighted by molar-refractivity contribution is -0.0500. The van der Waals surface area contributed by atoms with Gasteiger partial charge in [0.15, 0.2) is 0 Å². The first-order valence-electron chi connectivity index (χ1n) is 9.93. The third-order valence-electron chi connectivity index (χ3n) is 4.40. The molecule has 204 valence electrons. The standard InChI is InChI=1S/C21H19Cl4F3N2O5S2/c1-19(2,3)30(18(32)15-9-8-14(11-16(15)22)36-20(23,24)25)29(4)17(31)12-6-5-7-13(10-12)35-37(33,34)21(26,27)28/h5-11H,1-4H3. The summed E-state index contributed by atoms with van der Waals surface area (Å²) in [5, 5.41) is 2.02. The van der Waals surface area contributed by atoms with E-state index in [1.807, 2.05) is 0 Å². The highest BCUT2D eigenvalue weighted by Gasteiger charge is 2.48. The molecular weight excluding hydrogens is 623 g/mol. The van der Waals surface area contributed by atoms with Gasteiger partial charge in [-0.05, 0) is 57.2 Å². The second kappa shape index (κ2) is 11.3. The van der Waals surface area contributed by atoms with Crippen molar-refractivity contribution in [1.82, 2.24) is 10.0 Å². The van der Waals surface area contributed by atoms with Gasteiger partial charge in [-0.3, -0.25) is 9.59 Å². The Morgan fingerprint density at radius 3 is 2.05 bits per heavy atom. The molecule has 0 spiro atoms. The zero-order valence-corrected chi connectivity index (χ0v) is 24.1. The quantitative estimate of drug-likeness (QED) is 0.116. The summed E-state index contributed by atoms with van der Waals surface area (Å²) in [4.78, 5) is 27.1. The Morgan fingerprint density at radius 1 is 0.973 bits per heavy atom. The van der Waals surface area contributed by atoms with E-state index < -0.39 is 41.9 Å². The summed E-state index contributed by atoms with van der Waals surface area (Å²) in [6.45, 7) is 4.89. The topological polar surface area (TPSA) is 84.0 Å². The maximum Gasteiger partial charge on any atom is 0.534 e. The van der Waals surface area contributed by atoms with Gasteiger partial charge in [0.05, 0.1) is 16.1 Å². The first kappa shape index (κ1) is 31.6. The molecular formula is C21H19Cl4F3N2O5S2. The zero-order chi connectivity index (χ0) is 28.6. The number of carbonyl (C=O) groups excluding carboxylic acids is 2. The number of alkyl halides is 6. The third kappa shape index (κ3) is 8.21. The number of thioether (sulfide) groups is 1. The average molecular weight is 642 g/mol. The van der Waals surface area contributed by atoms with Crippen LogP contribution in [0.5, 0.6) is 5.75 Å². The number of hydrazine groups is 1. The van der Waals surface area contributed by atoms with Gasteiger partial charge in [-0.25, -0.2) is 10.0 Å². The van der Waals surface area contributed by atoms with Gasteiger partial charge in [-0.15, -0.1) is 0 Å². The van der Waals surface area contributed by atoms with Crippen LogP contribution in [0.1, 0.15) is 41.5 Å². The van der Waals surface area contributed by atoms with Crippen molar-refractivity contribution in [3.63, 3.8) is 0 Å². The molecule has 0 aliphatic carbocycles. The molecule has 0 heterocycles. The summed E-state index contributed by atoms with van der Waals surface area (Å²) in [7, 11) is -4.70. The molecule has 16 heteroatoms. The molecule has 0 N–H and O–H groups in total. The van der Waals surface area contributed by atoms with Crippen LogP contribution >= 0.6 is 58.2 Å². The number of hydrogen-bond acceptors (Lipinski definition) is 6. The van der Waals surface area contributed by atoms with Gasteiger partial charge < -0.3 is 4.18 Å². The molecule has 7 nitrogen and oxygen atoms in total. The van der Waals surface area contributed by atoms with E-state index in [4.69, 9.17) is 46.4 Å². The number of nitrogens with zero attached hydrogens (tertiary/aromatic N) is 2. The number of hydrogen-bond donors (Lipinski definition) is 0. The Hall–Kier alpha value is -1.57. The fourth-order valence-electron chi connectivity index (χ4n) is 3.00. The predicted octanol–water partition coefficient (Wildman–Crippen LogP) is 6.92. The second-order valence-electron chi connectivity index (χ2n) is 8.32. The maximum atomic E-state index is 13.5.